The molecule has 106 valence electrons. The molecule has 0 saturated carbocycles. The van der Waals surface area contributed by atoms with Crippen molar-refractivity contribution in [2.75, 3.05) is 24.1 Å². The van der Waals surface area contributed by atoms with Crippen LogP contribution in [-0.4, -0.2) is 27.4 Å². The maximum atomic E-state index is 11.8. The number of hydrogen-bond donors (Lipinski definition) is 4. The molecular weight excluding hydrogens is 268 g/mol. The fraction of sp³-hybridized carbons (Fsp3) is 0.364. The van der Waals surface area contributed by atoms with Gasteiger partial charge in [-0.2, -0.15) is 0 Å². The van der Waals surface area contributed by atoms with Gasteiger partial charge in [0.05, 0.1) is 16.3 Å². The van der Waals surface area contributed by atoms with Crippen molar-refractivity contribution >= 4 is 27.3 Å². The minimum Gasteiger partial charge on any atom is -0.397 e. The van der Waals surface area contributed by atoms with Crippen molar-refractivity contribution in [2.45, 2.75) is 18.2 Å². The van der Waals surface area contributed by atoms with Gasteiger partial charge in [0.25, 0.3) is 0 Å². The summed E-state index contributed by atoms with van der Waals surface area (Å²) in [5, 5.41) is 2.88. The van der Waals surface area contributed by atoms with Gasteiger partial charge in [-0.05, 0) is 18.2 Å². The summed E-state index contributed by atoms with van der Waals surface area (Å²) >= 11 is 0. The van der Waals surface area contributed by atoms with Gasteiger partial charge in [0.1, 0.15) is 0 Å². The quantitative estimate of drug-likeness (QED) is 0.518. The van der Waals surface area contributed by atoms with E-state index in [1.54, 1.807) is 6.92 Å². The van der Waals surface area contributed by atoms with Gasteiger partial charge in [0.15, 0.2) is 0 Å². The minimum atomic E-state index is -3.53. The van der Waals surface area contributed by atoms with Gasteiger partial charge >= 0.3 is 0 Å². The average Bonchev–Trinajstić information content (AvgIpc) is 2.30. The van der Waals surface area contributed by atoms with Crippen LogP contribution in [0, 0.1) is 0 Å². The lowest BCUT2D eigenvalue weighted by Gasteiger charge is -2.11. The first-order chi connectivity index (χ1) is 8.86. The van der Waals surface area contributed by atoms with Crippen LogP contribution in [0.2, 0.25) is 0 Å². The van der Waals surface area contributed by atoms with E-state index in [1.807, 2.05) is 0 Å². The summed E-state index contributed by atoms with van der Waals surface area (Å²) in [6.45, 7) is 2.29. The summed E-state index contributed by atoms with van der Waals surface area (Å²) < 4.78 is 26.0. The van der Waals surface area contributed by atoms with Crippen LogP contribution in [0.3, 0.4) is 0 Å². The molecule has 19 heavy (non-hydrogen) atoms. The highest BCUT2D eigenvalue weighted by molar-refractivity contribution is 7.89. The zero-order chi connectivity index (χ0) is 14.5. The van der Waals surface area contributed by atoms with Gasteiger partial charge < -0.3 is 16.8 Å². The summed E-state index contributed by atoms with van der Waals surface area (Å²) in [5.74, 6) is -0.442. The summed E-state index contributed by atoms with van der Waals surface area (Å²) in [6.07, 6.45) is 0.142. The first kappa shape index (κ1) is 15.3. The highest BCUT2D eigenvalue weighted by atomic mass is 32.2. The Hall–Kier alpha value is -1.80. The summed E-state index contributed by atoms with van der Waals surface area (Å²) in [4.78, 5) is 10.7. The van der Waals surface area contributed by atoms with Crippen molar-refractivity contribution in [1.82, 2.24) is 4.72 Å². The SMILES string of the molecule is CCNS(=O)(=O)c1ccc(N)c(NCCC(N)=O)c1. The van der Waals surface area contributed by atoms with Crippen molar-refractivity contribution in [3.63, 3.8) is 0 Å². The number of carbonyl (C=O) groups is 1. The molecule has 6 N–H and O–H groups in total. The van der Waals surface area contributed by atoms with Crippen LogP contribution < -0.4 is 21.5 Å². The van der Waals surface area contributed by atoms with Crippen molar-refractivity contribution in [2.24, 2.45) is 5.73 Å². The molecule has 1 aromatic rings. The number of amides is 1. The standard InChI is InChI=1S/C11H18N4O3S/c1-2-15-19(17,18)8-3-4-9(12)10(7-8)14-6-5-11(13)16/h3-4,7,14-15H,2,5-6,12H2,1H3,(H2,13,16). The van der Waals surface area contributed by atoms with E-state index in [9.17, 15) is 13.2 Å². The van der Waals surface area contributed by atoms with Crippen molar-refractivity contribution in [1.29, 1.82) is 0 Å². The second kappa shape index (κ2) is 6.39. The lowest BCUT2D eigenvalue weighted by Crippen LogP contribution is -2.23. The van der Waals surface area contributed by atoms with E-state index in [0.29, 0.717) is 24.5 Å². The molecule has 0 aliphatic carbocycles. The number of rotatable bonds is 7. The van der Waals surface area contributed by atoms with Crippen LogP contribution in [0.4, 0.5) is 11.4 Å². The largest absolute Gasteiger partial charge is 0.397 e. The Kier molecular flexibility index (Phi) is 5.13. The predicted molar refractivity (Wildman–Crippen MR) is 74.0 cm³/mol. The molecule has 1 amide bonds. The number of nitrogen functional groups attached to an aromatic ring is 1. The van der Waals surface area contributed by atoms with Crippen molar-refractivity contribution in [3.8, 4) is 0 Å². The van der Waals surface area contributed by atoms with Crippen LogP contribution in [0.15, 0.2) is 23.1 Å². The lowest BCUT2D eigenvalue weighted by molar-refractivity contribution is -0.117. The Bertz CT molecular complexity index is 557. The number of primary amides is 1. The second-order valence-electron chi connectivity index (χ2n) is 3.89. The third kappa shape index (κ3) is 4.42. The lowest BCUT2D eigenvalue weighted by atomic mass is 10.2. The Labute approximate surface area is 112 Å². The summed E-state index contributed by atoms with van der Waals surface area (Å²) in [5.41, 5.74) is 11.6. The molecule has 8 heteroatoms. The molecule has 1 rings (SSSR count). The van der Waals surface area contributed by atoms with E-state index >= 15 is 0 Å². The van der Waals surface area contributed by atoms with E-state index in [1.165, 1.54) is 18.2 Å². The molecule has 1 aromatic carbocycles. The van der Waals surface area contributed by atoms with Crippen LogP contribution in [0.25, 0.3) is 0 Å². The van der Waals surface area contributed by atoms with Crippen LogP contribution in [0.5, 0.6) is 0 Å². The van der Waals surface area contributed by atoms with Gasteiger partial charge in [0.2, 0.25) is 15.9 Å². The highest BCUT2D eigenvalue weighted by Gasteiger charge is 2.14. The molecule has 0 aliphatic heterocycles. The van der Waals surface area contributed by atoms with Gasteiger partial charge in [0, 0.05) is 19.5 Å². The first-order valence-corrected chi connectivity index (χ1v) is 7.26. The number of carbonyl (C=O) groups excluding carboxylic acids is 1. The fourth-order valence-corrected chi connectivity index (χ4v) is 2.52. The molecule has 0 aromatic heterocycles. The normalized spacial score (nSPS) is 11.2. The summed E-state index contributed by atoms with van der Waals surface area (Å²) in [6, 6.07) is 4.34. The molecule has 7 nitrogen and oxygen atoms in total. The molecule has 0 bridgehead atoms. The molecular formula is C11H18N4O3S. The number of anilines is 2. The second-order valence-corrected chi connectivity index (χ2v) is 5.66. The third-order valence-electron chi connectivity index (χ3n) is 2.36. The van der Waals surface area contributed by atoms with E-state index in [0.717, 1.165) is 0 Å². The van der Waals surface area contributed by atoms with Gasteiger partial charge in [-0.25, -0.2) is 13.1 Å². The van der Waals surface area contributed by atoms with E-state index in [-0.39, 0.29) is 11.3 Å². The highest BCUT2D eigenvalue weighted by Crippen LogP contribution is 2.22. The van der Waals surface area contributed by atoms with E-state index in [4.69, 9.17) is 11.5 Å². The monoisotopic (exact) mass is 286 g/mol. The molecule has 0 saturated heterocycles. The average molecular weight is 286 g/mol. The van der Waals surface area contributed by atoms with Gasteiger partial charge in [-0.1, -0.05) is 6.92 Å². The number of nitrogens with one attached hydrogen (secondary N) is 2. The zero-order valence-electron chi connectivity index (χ0n) is 10.6. The minimum absolute atomic E-state index is 0.116. The predicted octanol–water partition coefficient (Wildman–Crippen LogP) is -0.146. The smallest absolute Gasteiger partial charge is 0.240 e. The Morgan fingerprint density at radius 3 is 2.63 bits per heavy atom. The molecule has 0 fully saturated rings. The Morgan fingerprint density at radius 2 is 2.05 bits per heavy atom. The first-order valence-electron chi connectivity index (χ1n) is 5.78. The molecule has 0 heterocycles. The van der Waals surface area contributed by atoms with Crippen molar-refractivity contribution < 1.29 is 13.2 Å². The van der Waals surface area contributed by atoms with Crippen LogP contribution in [0.1, 0.15) is 13.3 Å². The number of nitrogens with two attached hydrogens (primary N) is 2. The Morgan fingerprint density at radius 1 is 1.37 bits per heavy atom. The number of sulfonamides is 1. The molecule has 0 unspecified atom stereocenters. The summed E-state index contributed by atoms with van der Waals surface area (Å²) in [7, 11) is -3.53. The van der Waals surface area contributed by atoms with Crippen LogP contribution >= 0.6 is 0 Å². The van der Waals surface area contributed by atoms with E-state index < -0.39 is 15.9 Å². The topological polar surface area (TPSA) is 127 Å². The van der Waals surface area contributed by atoms with Crippen molar-refractivity contribution in [3.05, 3.63) is 18.2 Å². The van der Waals surface area contributed by atoms with Crippen LogP contribution in [-0.2, 0) is 14.8 Å². The maximum absolute atomic E-state index is 11.8. The number of benzene rings is 1. The van der Waals surface area contributed by atoms with Gasteiger partial charge in [-0.15, -0.1) is 0 Å². The Balaban J connectivity index is 2.91. The van der Waals surface area contributed by atoms with E-state index in [2.05, 4.69) is 10.0 Å². The third-order valence-corrected chi connectivity index (χ3v) is 3.90. The zero-order valence-corrected chi connectivity index (χ0v) is 11.5. The van der Waals surface area contributed by atoms with Gasteiger partial charge in [-0.3, -0.25) is 4.79 Å². The molecule has 0 atom stereocenters. The fourth-order valence-electron chi connectivity index (χ4n) is 1.45. The molecule has 0 aliphatic rings. The molecule has 0 spiro atoms. The maximum Gasteiger partial charge on any atom is 0.240 e. The number of hydrogen-bond acceptors (Lipinski definition) is 5. The molecule has 0 radical (unpaired) electrons.